The van der Waals surface area contributed by atoms with Gasteiger partial charge in [-0.15, -0.1) is 0 Å². The fourth-order valence-electron chi connectivity index (χ4n) is 5.50. The van der Waals surface area contributed by atoms with Crippen molar-refractivity contribution in [2.45, 2.75) is 51.5 Å². The van der Waals surface area contributed by atoms with Crippen molar-refractivity contribution in [2.75, 3.05) is 0 Å². The summed E-state index contributed by atoms with van der Waals surface area (Å²) in [7, 11) is 0. The smallest absolute Gasteiger partial charge is 0.334 e. The molecular weight excluding hydrogens is 434 g/mol. The lowest BCUT2D eigenvalue weighted by atomic mass is 9.80. The monoisotopic (exact) mass is 459 g/mol. The molecular formula is C26H25N3O5. The van der Waals surface area contributed by atoms with Gasteiger partial charge in [0.1, 0.15) is 11.5 Å². The molecule has 3 heterocycles. The number of aromatic nitrogens is 3. The van der Waals surface area contributed by atoms with E-state index in [1.807, 2.05) is 42.0 Å². The first-order valence-electron chi connectivity index (χ1n) is 11.7. The van der Waals surface area contributed by atoms with Crippen molar-refractivity contribution in [3.8, 4) is 0 Å². The van der Waals surface area contributed by atoms with Gasteiger partial charge in [-0.25, -0.2) is 14.6 Å². The third-order valence-corrected chi connectivity index (χ3v) is 7.36. The number of carbonyl (C=O) groups excluding carboxylic acids is 3. The molecule has 2 aliphatic carbocycles. The van der Waals surface area contributed by atoms with Gasteiger partial charge >= 0.3 is 17.7 Å². The SMILES string of the molecule is Cc1nccn1CC1CC2(OC(=O)C=CC(=O)O2)c2c(c3ccccc3n2CC2CCC2)C1=O. The van der Waals surface area contributed by atoms with Gasteiger partial charge < -0.3 is 18.6 Å². The van der Waals surface area contributed by atoms with E-state index in [0.29, 0.717) is 30.3 Å². The van der Waals surface area contributed by atoms with E-state index in [9.17, 15) is 14.4 Å². The average molecular weight is 460 g/mol. The fraction of sp³-hybridized carbons (Fsp3) is 0.385. The van der Waals surface area contributed by atoms with Crippen LogP contribution in [0.15, 0.2) is 48.8 Å². The molecule has 1 unspecified atom stereocenters. The molecule has 3 aliphatic rings. The first kappa shape index (κ1) is 20.9. The number of fused-ring (bicyclic) bond motifs is 4. The second kappa shape index (κ2) is 7.68. The highest BCUT2D eigenvalue weighted by molar-refractivity contribution is 6.12. The first-order valence-corrected chi connectivity index (χ1v) is 11.7. The summed E-state index contributed by atoms with van der Waals surface area (Å²) in [6.07, 6.45) is 9.11. The van der Waals surface area contributed by atoms with Crippen LogP contribution in [0.2, 0.25) is 0 Å². The van der Waals surface area contributed by atoms with E-state index in [2.05, 4.69) is 9.55 Å². The molecule has 8 nitrogen and oxygen atoms in total. The highest BCUT2D eigenvalue weighted by atomic mass is 16.7. The Labute approximate surface area is 196 Å². The number of rotatable bonds is 4. The van der Waals surface area contributed by atoms with Crippen LogP contribution >= 0.6 is 0 Å². The Morgan fingerprint density at radius 3 is 2.44 bits per heavy atom. The van der Waals surface area contributed by atoms with Crippen LogP contribution in [0, 0.1) is 18.8 Å². The molecule has 8 heteroatoms. The van der Waals surface area contributed by atoms with Crippen LogP contribution < -0.4 is 0 Å². The zero-order chi connectivity index (χ0) is 23.4. The van der Waals surface area contributed by atoms with Gasteiger partial charge in [0.15, 0.2) is 5.78 Å². The normalized spacial score (nSPS) is 21.8. The summed E-state index contributed by atoms with van der Waals surface area (Å²) in [6, 6.07) is 7.72. The number of ketones is 1. The Balaban J connectivity index is 1.57. The molecule has 34 heavy (non-hydrogen) atoms. The molecule has 1 atom stereocenters. The zero-order valence-electron chi connectivity index (χ0n) is 18.9. The van der Waals surface area contributed by atoms with Crippen LogP contribution in [-0.2, 0) is 37.9 Å². The van der Waals surface area contributed by atoms with E-state index in [1.165, 1.54) is 6.42 Å². The van der Waals surface area contributed by atoms with Crippen LogP contribution in [0.5, 0.6) is 0 Å². The second-order valence-corrected chi connectivity index (χ2v) is 9.47. The molecule has 1 aliphatic heterocycles. The van der Waals surface area contributed by atoms with E-state index in [-0.39, 0.29) is 12.2 Å². The summed E-state index contributed by atoms with van der Waals surface area (Å²) in [5.74, 6) is -2.37. The molecule has 0 N–H and O–H groups in total. The molecule has 3 aromatic rings. The number of benzene rings is 1. The minimum atomic E-state index is -1.68. The number of aryl methyl sites for hydroxylation is 1. The van der Waals surface area contributed by atoms with Gasteiger partial charge in [0.2, 0.25) is 0 Å². The Morgan fingerprint density at radius 1 is 1.06 bits per heavy atom. The Kier molecular flexibility index (Phi) is 4.72. The molecule has 0 radical (unpaired) electrons. The summed E-state index contributed by atoms with van der Waals surface area (Å²) >= 11 is 0. The van der Waals surface area contributed by atoms with E-state index >= 15 is 0 Å². The Bertz CT molecular complexity index is 1340. The molecule has 1 fully saturated rings. The Hall–Kier alpha value is -3.68. The van der Waals surface area contributed by atoms with Gasteiger partial charge in [-0.2, -0.15) is 0 Å². The lowest BCUT2D eigenvalue weighted by molar-refractivity contribution is -0.235. The molecule has 0 bridgehead atoms. The topological polar surface area (TPSA) is 92.4 Å². The highest BCUT2D eigenvalue weighted by Gasteiger charge is 2.54. The van der Waals surface area contributed by atoms with Crippen molar-refractivity contribution in [1.29, 1.82) is 0 Å². The first-order chi connectivity index (χ1) is 16.4. The molecule has 1 saturated carbocycles. The maximum atomic E-state index is 14.0. The van der Waals surface area contributed by atoms with Gasteiger partial charge in [-0.05, 0) is 31.7 Å². The van der Waals surface area contributed by atoms with Crippen molar-refractivity contribution in [3.63, 3.8) is 0 Å². The molecule has 0 amide bonds. The fourth-order valence-corrected chi connectivity index (χ4v) is 5.50. The summed E-state index contributed by atoms with van der Waals surface area (Å²) in [4.78, 5) is 43.5. The van der Waals surface area contributed by atoms with Crippen molar-refractivity contribution >= 4 is 28.6 Å². The highest BCUT2D eigenvalue weighted by Crippen LogP contribution is 2.48. The van der Waals surface area contributed by atoms with Crippen molar-refractivity contribution in [3.05, 3.63) is 65.9 Å². The molecule has 0 saturated heterocycles. The minimum absolute atomic E-state index is 0.0402. The Morgan fingerprint density at radius 2 is 1.79 bits per heavy atom. The van der Waals surface area contributed by atoms with E-state index < -0.39 is 23.6 Å². The predicted molar refractivity (Wildman–Crippen MR) is 122 cm³/mol. The third kappa shape index (κ3) is 3.20. The molecule has 174 valence electrons. The molecule has 1 spiro atoms. The summed E-state index contributed by atoms with van der Waals surface area (Å²) in [5.41, 5.74) is 1.84. The number of imidazole rings is 1. The van der Waals surface area contributed by atoms with Crippen molar-refractivity contribution < 1.29 is 23.9 Å². The maximum absolute atomic E-state index is 14.0. The lowest BCUT2D eigenvalue weighted by Gasteiger charge is -2.39. The van der Waals surface area contributed by atoms with Gasteiger partial charge in [0.25, 0.3) is 0 Å². The van der Waals surface area contributed by atoms with Gasteiger partial charge in [0.05, 0.1) is 5.56 Å². The summed E-state index contributed by atoms with van der Waals surface area (Å²) in [5, 5.41) is 0.789. The van der Waals surface area contributed by atoms with Crippen molar-refractivity contribution in [1.82, 2.24) is 14.1 Å². The quantitative estimate of drug-likeness (QED) is 0.553. The van der Waals surface area contributed by atoms with Crippen molar-refractivity contribution in [2.24, 2.45) is 11.8 Å². The largest absolute Gasteiger partial charge is 0.413 e. The summed E-state index contributed by atoms with van der Waals surface area (Å²) < 4.78 is 15.8. The number of Topliss-reactive ketones (excluding diaryl/α,β-unsaturated/α-hetero) is 1. The number of carbonyl (C=O) groups is 3. The average Bonchev–Trinajstić information content (AvgIpc) is 3.30. The van der Waals surface area contributed by atoms with E-state index in [0.717, 1.165) is 41.7 Å². The summed E-state index contributed by atoms with van der Waals surface area (Å²) in [6.45, 7) is 2.89. The van der Waals surface area contributed by atoms with Gasteiger partial charge in [-0.3, -0.25) is 4.79 Å². The lowest BCUT2D eigenvalue weighted by Crippen LogP contribution is -2.46. The minimum Gasteiger partial charge on any atom is -0.413 e. The van der Waals surface area contributed by atoms with Gasteiger partial charge in [-0.1, -0.05) is 24.6 Å². The van der Waals surface area contributed by atoms with Crippen LogP contribution in [0.1, 0.15) is 47.6 Å². The zero-order valence-corrected chi connectivity index (χ0v) is 18.9. The third-order valence-electron chi connectivity index (χ3n) is 7.36. The maximum Gasteiger partial charge on any atom is 0.334 e. The van der Waals surface area contributed by atoms with Crippen LogP contribution in [0.25, 0.3) is 10.9 Å². The molecule has 2 aromatic heterocycles. The van der Waals surface area contributed by atoms with Gasteiger partial charge in [0, 0.05) is 60.9 Å². The van der Waals surface area contributed by atoms with E-state index in [1.54, 1.807) is 6.20 Å². The van der Waals surface area contributed by atoms with Crippen LogP contribution in [-0.4, -0.2) is 31.8 Å². The van der Waals surface area contributed by atoms with Crippen LogP contribution in [0.4, 0.5) is 0 Å². The molecule has 6 rings (SSSR count). The molecule has 1 aromatic carbocycles. The van der Waals surface area contributed by atoms with Crippen LogP contribution in [0.3, 0.4) is 0 Å². The van der Waals surface area contributed by atoms with E-state index in [4.69, 9.17) is 9.47 Å². The number of para-hydroxylation sites is 1. The number of hydrogen-bond acceptors (Lipinski definition) is 6. The second-order valence-electron chi connectivity index (χ2n) is 9.47. The predicted octanol–water partition coefficient (Wildman–Crippen LogP) is 3.66. The number of esters is 2. The number of hydrogen-bond donors (Lipinski definition) is 0. The number of nitrogens with zero attached hydrogens (tertiary/aromatic N) is 3. The standard InChI is InChI=1S/C26H25N3O5/c1-16-27-11-12-28(16)15-18-13-26(33-21(30)9-10-22(31)34-26)25-23(24(18)32)19-7-2-3-8-20(19)29(25)14-17-5-4-6-17/h2-3,7-12,17-18H,4-6,13-15H2,1H3. The number of ether oxygens (including phenoxy) is 2.